The number of carbonyl (C=O) groups is 3. The highest BCUT2D eigenvalue weighted by Crippen LogP contribution is 2.28. The molecule has 0 atom stereocenters. The van der Waals surface area contributed by atoms with Crippen LogP contribution in [0.5, 0.6) is 0 Å². The van der Waals surface area contributed by atoms with Crippen LogP contribution in [0.1, 0.15) is 41.6 Å². The number of nitrogens with one attached hydrogen (secondary N) is 2. The minimum absolute atomic E-state index is 0.0304. The SMILES string of the molecule is Cc1ccc(C(=O)CCC(=O)NCCNC(=O)C2CC2)cc1. The van der Waals surface area contributed by atoms with Gasteiger partial charge in [-0.3, -0.25) is 14.4 Å². The number of ketones is 1. The second kappa shape index (κ2) is 7.73. The van der Waals surface area contributed by atoms with E-state index in [0.29, 0.717) is 18.7 Å². The molecule has 1 saturated carbocycles. The number of carbonyl (C=O) groups excluding carboxylic acids is 3. The van der Waals surface area contributed by atoms with Crippen molar-refractivity contribution in [3.63, 3.8) is 0 Å². The van der Waals surface area contributed by atoms with Crippen LogP contribution in [0.4, 0.5) is 0 Å². The van der Waals surface area contributed by atoms with E-state index in [1.54, 1.807) is 12.1 Å². The predicted octanol–water partition coefficient (Wildman–Crippen LogP) is 1.60. The molecule has 22 heavy (non-hydrogen) atoms. The molecule has 1 aliphatic rings. The molecule has 1 aliphatic carbocycles. The predicted molar refractivity (Wildman–Crippen MR) is 83.5 cm³/mol. The molecule has 0 spiro atoms. The summed E-state index contributed by atoms with van der Waals surface area (Å²) >= 11 is 0. The molecule has 0 bridgehead atoms. The number of aryl methyl sites for hydroxylation is 1. The van der Waals surface area contributed by atoms with E-state index in [2.05, 4.69) is 10.6 Å². The third-order valence-electron chi connectivity index (χ3n) is 3.65. The van der Waals surface area contributed by atoms with Gasteiger partial charge in [0.15, 0.2) is 5.78 Å². The van der Waals surface area contributed by atoms with Gasteiger partial charge < -0.3 is 10.6 Å². The number of hydrogen-bond donors (Lipinski definition) is 2. The van der Waals surface area contributed by atoms with Crippen LogP contribution in [-0.2, 0) is 9.59 Å². The van der Waals surface area contributed by atoms with Crippen molar-refractivity contribution in [3.8, 4) is 0 Å². The molecule has 5 nitrogen and oxygen atoms in total. The van der Waals surface area contributed by atoms with Gasteiger partial charge in [-0.15, -0.1) is 0 Å². The molecular formula is C17H22N2O3. The summed E-state index contributed by atoms with van der Waals surface area (Å²) in [5, 5.41) is 5.48. The summed E-state index contributed by atoms with van der Waals surface area (Å²) in [4.78, 5) is 34.9. The van der Waals surface area contributed by atoms with Crippen molar-refractivity contribution in [1.29, 1.82) is 0 Å². The van der Waals surface area contributed by atoms with Crippen LogP contribution in [0, 0.1) is 12.8 Å². The summed E-state index contributed by atoms with van der Waals surface area (Å²) < 4.78 is 0. The molecule has 0 aromatic heterocycles. The van der Waals surface area contributed by atoms with E-state index in [9.17, 15) is 14.4 Å². The second-order valence-corrected chi connectivity index (χ2v) is 5.70. The van der Waals surface area contributed by atoms with Crippen molar-refractivity contribution < 1.29 is 14.4 Å². The zero-order chi connectivity index (χ0) is 15.9. The number of amides is 2. The second-order valence-electron chi connectivity index (χ2n) is 5.70. The maximum absolute atomic E-state index is 11.9. The topological polar surface area (TPSA) is 75.3 Å². The molecule has 1 aromatic rings. The number of rotatable bonds is 8. The van der Waals surface area contributed by atoms with E-state index in [4.69, 9.17) is 0 Å². The Morgan fingerprint density at radius 3 is 2.27 bits per heavy atom. The third-order valence-corrected chi connectivity index (χ3v) is 3.65. The lowest BCUT2D eigenvalue weighted by Crippen LogP contribution is -2.35. The highest BCUT2D eigenvalue weighted by molar-refractivity contribution is 5.97. The van der Waals surface area contributed by atoms with Crippen molar-refractivity contribution in [2.24, 2.45) is 5.92 Å². The van der Waals surface area contributed by atoms with Crippen LogP contribution in [0.25, 0.3) is 0 Å². The van der Waals surface area contributed by atoms with Crippen LogP contribution >= 0.6 is 0 Å². The average molecular weight is 302 g/mol. The van der Waals surface area contributed by atoms with Crippen LogP contribution in [-0.4, -0.2) is 30.7 Å². The molecular weight excluding hydrogens is 280 g/mol. The Labute approximate surface area is 130 Å². The Morgan fingerprint density at radius 2 is 1.64 bits per heavy atom. The van der Waals surface area contributed by atoms with Gasteiger partial charge in [0.2, 0.25) is 11.8 Å². The molecule has 2 rings (SSSR count). The van der Waals surface area contributed by atoms with E-state index in [0.717, 1.165) is 18.4 Å². The van der Waals surface area contributed by atoms with Crippen molar-refractivity contribution in [2.45, 2.75) is 32.6 Å². The van der Waals surface area contributed by atoms with Crippen LogP contribution < -0.4 is 10.6 Å². The Morgan fingerprint density at radius 1 is 1.00 bits per heavy atom. The van der Waals surface area contributed by atoms with Gasteiger partial charge in [-0.25, -0.2) is 0 Å². The monoisotopic (exact) mass is 302 g/mol. The fraction of sp³-hybridized carbons (Fsp3) is 0.471. The van der Waals surface area contributed by atoms with Crippen molar-refractivity contribution in [2.75, 3.05) is 13.1 Å². The molecule has 0 unspecified atom stereocenters. The van der Waals surface area contributed by atoms with Gasteiger partial charge in [0.05, 0.1) is 0 Å². The molecule has 1 aromatic carbocycles. The lowest BCUT2D eigenvalue weighted by Gasteiger charge is -2.06. The minimum Gasteiger partial charge on any atom is -0.354 e. The Kier molecular flexibility index (Phi) is 5.69. The number of hydrogen-bond acceptors (Lipinski definition) is 3. The fourth-order valence-electron chi connectivity index (χ4n) is 2.08. The molecule has 1 fully saturated rings. The first kappa shape index (κ1) is 16.2. The van der Waals surface area contributed by atoms with E-state index < -0.39 is 0 Å². The van der Waals surface area contributed by atoms with Gasteiger partial charge in [-0.05, 0) is 19.8 Å². The summed E-state index contributed by atoms with van der Waals surface area (Å²) in [5.41, 5.74) is 1.73. The number of Topliss-reactive ketones (excluding diaryl/α,β-unsaturated/α-hetero) is 1. The zero-order valence-corrected chi connectivity index (χ0v) is 12.9. The lowest BCUT2D eigenvalue weighted by atomic mass is 10.1. The highest BCUT2D eigenvalue weighted by atomic mass is 16.2. The van der Waals surface area contributed by atoms with E-state index in [1.165, 1.54) is 0 Å². The minimum atomic E-state index is -0.166. The molecule has 0 radical (unpaired) electrons. The molecule has 2 N–H and O–H groups in total. The molecule has 5 heteroatoms. The Hall–Kier alpha value is -2.17. The fourth-order valence-corrected chi connectivity index (χ4v) is 2.08. The summed E-state index contributed by atoms with van der Waals surface area (Å²) in [6.07, 6.45) is 2.31. The quantitative estimate of drug-likeness (QED) is 0.566. The van der Waals surface area contributed by atoms with E-state index >= 15 is 0 Å². The van der Waals surface area contributed by atoms with Gasteiger partial charge in [0, 0.05) is 37.4 Å². The van der Waals surface area contributed by atoms with Gasteiger partial charge in [-0.2, -0.15) is 0 Å². The van der Waals surface area contributed by atoms with Crippen molar-refractivity contribution >= 4 is 17.6 Å². The standard InChI is InChI=1S/C17H22N2O3/c1-12-2-4-13(5-3-12)15(20)8-9-16(21)18-10-11-19-17(22)14-6-7-14/h2-5,14H,6-11H2,1H3,(H,18,21)(H,19,22). The van der Waals surface area contributed by atoms with Gasteiger partial charge >= 0.3 is 0 Å². The van der Waals surface area contributed by atoms with Gasteiger partial charge in [0.25, 0.3) is 0 Å². The zero-order valence-electron chi connectivity index (χ0n) is 12.9. The van der Waals surface area contributed by atoms with Crippen LogP contribution in [0.15, 0.2) is 24.3 Å². The molecule has 0 aliphatic heterocycles. The first-order valence-electron chi connectivity index (χ1n) is 7.70. The largest absolute Gasteiger partial charge is 0.354 e. The highest BCUT2D eigenvalue weighted by Gasteiger charge is 2.28. The lowest BCUT2D eigenvalue weighted by molar-refractivity contribution is -0.123. The van der Waals surface area contributed by atoms with Gasteiger partial charge in [0.1, 0.15) is 0 Å². The first-order chi connectivity index (χ1) is 10.6. The van der Waals surface area contributed by atoms with E-state index in [1.807, 2.05) is 19.1 Å². The summed E-state index contributed by atoms with van der Waals surface area (Å²) in [7, 11) is 0. The number of benzene rings is 1. The van der Waals surface area contributed by atoms with Crippen LogP contribution in [0.3, 0.4) is 0 Å². The normalized spacial score (nSPS) is 13.5. The summed E-state index contributed by atoms with van der Waals surface area (Å²) in [6.45, 7) is 2.80. The molecule has 2 amide bonds. The first-order valence-corrected chi connectivity index (χ1v) is 7.70. The molecule has 0 heterocycles. The summed E-state index contributed by atoms with van der Waals surface area (Å²) in [5.74, 6) is 0.0601. The molecule has 118 valence electrons. The van der Waals surface area contributed by atoms with Crippen molar-refractivity contribution in [3.05, 3.63) is 35.4 Å². The maximum Gasteiger partial charge on any atom is 0.223 e. The summed E-state index contributed by atoms with van der Waals surface area (Å²) in [6, 6.07) is 7.33. The van der Waals surface area contributed by atoms with Crippen molar-refractivity contribution in [1.82, 2.24) is 10.6 Å². The smallest absolute Gasteiger partial charge is 0.223 e. The van der Waals surface area contributed by atoms with Crippen LogP contribution in [0.2, 0.25) is 0 Å². The third kappa shape index (κ3) is 5.31. The maximum atomic E-state index is 11.9. The Balaban J connectivity index is 1.59. The van der Waals surface area contributed by atoms with Gasteiger partial charge in [-0.1, -0.05) is 29.8 Å². The Bertz CT molecular complexity index is 548. The van der Waals surface area contributed by atoms with E-state index in [-0.39, 0.29) is 36.4 Å². The average Bonchev–Trinajstić information content (AvgIpc) is 3.34. The molecule has 0 saturated heterocycles.